The Balaban J connectivity index is 2.83. The summed E-state index contributed by atoms with van der Waals surface area (Å²) in [6.45, 7) is 8.69. The Morgan fingerprint density at radius 1 is 1.50 bits per heavy atom. The van der Waals surface area contributed by atoms with Crippen molar-refractivity contribution in [1.82, 2.24) is 9.88 Å². The van der Waals surface area contributed by atoms with Crippen molar-refractivity contribution in [3.05, 3.63) is 23.5 Å². The summed E-state index contributed by atoms with van der Waals surface area (Å²) in [4.78, 5) is 12.2. The van der Waals surface area contributed by atoms with Crippen LogP contribution < -0.4 is 11.1 Å². The molecule has 1 atom stereocenters. The van der Waals surface area contributed by atoms with E-state index in [0.717, 1.165) is 12.1 Å². The molecule has 0 saturated heterocycles. The zero-order chi connectivity index (χ0) is 13.9. The maximum Gasteiger partial charge on any atom is 0.268 e. The molecule has 0 radical (unpaired) electrons. The van der Waals surface area contributed by atoms with Crippen molar-refractivity contribution < 1.29 is 4.79 Å². The van der Waals surface area contributed by atoms with E-state index in [0.29, 0.717) is 18.2 Å². The van der Waals surface area contributed by atoms with Gasteiger partial charge in [-0.3, -0.25) is 4.79 Å². The van der Waals surface area contributed by atoms with E-state index in [1.165, 1.54) is 0 Å². The second kappa shape index (κ2) is 5.57. The molecular formula is C14H25N3O. The number of nitrogens with zero attached hydrogens (tertiary/aromatic N) is 1. The van der Waals surface area contributed by atoms with Crippen LogP contribution in [0.25, 0.3) is 0 Å². The van der Waals surface area contributed by atoms with E-state index in [4.69, 9.17) is 5.73 Å². The summed E-state index contributed by atoms with van der Waals surface area (Å²) in [5.41, 5.74) is 7.20. The number of hydrogen-bond acceptors (Lipinski definition) is 2. The highest BCUT2D eigenvalue weighted by Crippen LogP contribution is 2.16. The van der Waals surface area contributed by atoms with Crippen molar-refractivity contribution in [2.24, 2.45) is 18.7 Å². The van der Waals surface area contributed by atoms with Crippen molar-refractivity contribution in [2.75, 3.05) is 6.54 Å². The van der Waals surface area contributed by atoms with E-state index in [1.807, 2.05) is 37.6 Å². The van der Waals surface area contributed by atoms with Gasteiger partial charge in [-0.15, -0.1) is 0 Å². The van der Waals surface area contributed by atoms with Crippen LogP contribution in [0.15, 0.2) is 12.1 Å². The Bertz CT molecular complexity index is 423. The van der Waals surface area contributed by atoms with Crippen LogP contribution in [-0.4, -0.2) is 22.6 Å². The minimum absolute atomic E-state index is 0.0563. The topological polar surface area (TPSA) is 60.1 Å². The Kier molecular flexibility index (Phi) is 4.57. The van der Waals surface area contributed by atoms with Crippen molar-refractivity contribution in [2.45, 2.75) is 39.7 Å². The molecule has 3 N–H and O–H groups in total. The summed E-state index contributed by atoms with van der Waals surface area (Å²) in [6, 6.07) is 3.79. The van der Waals surface area contributed by atoms with Gasteiger partial charge >= 0.3 is 0 Å². The fourth-order valence-electron chi connectivity index (χ4n) is 2.27. The highest BCUT2D eigenvalue weighted by atomic mass is 16.2. The molecule has 1 unspecified atom stereocenters. The van der Waals surface area contributed by atoms with Crippen LogP contribution in [0.1, 0.15) is 43.4 Å². The second-order valence-electron chi connectivity index (χ2n) is 5.74. The van der Waals surface area contributed by atoms with Crippen LogP contribution in [0.2, 0.25) is 0 Å². The first-order valence-corrected chi connectivity index (χ1v) is 6.44. The molecule has 0 fully saturated rings. The molecular weight excluding hydrogens is 226 g/mol. The number of carbonyl (C=O) groups excluding carboxylic acids is 1. The Labute approximate surface area is 110 Å². The average molecular weight is 251 g/mol. The Morgan fingerprint density at radius 3 is 2.50 bits per heavy atom. The molecule has 4 nitrogen and oxygen atoms in total. The number of aryl methyl sites for hydroxylation is 1. The maximum absolute atomic E-state index is 12.2. The van der Waals surface area contributed by atoms with Crippen LogP contribution in [0.3, 0.4) is 0 Å². The van der Waals surface area contributed by atoms with Gasteiger partial charge in [0.25, 0.3) is 5.91 Å². The maximum atomic E-state index is 12.2. The van der Waals surface area contributed by atoms with E-state index in [-0.39, 0.29) is 11.4 Å². The predicted octanol–water partition coefficient (Wildman–Crippen LogP) is 1.83. The smallest absolute Gasteiger partial charge is 0.268 e. The van der Waals surface area contributed by atoms with Gasteiger partial charge in [0.05, 0.1) is 5.54 Å². The van der Waals surface area contributed by atoms with Crippen LogP contribution >= 0.6 is 0 Å². The molecule has 1 aromatic heterocycles. The zero-order valence-electron chi connectivity index (χ0n) is 12.1. The van der Waals surface area contributed by atoms with E-state index >= 15 is 0 Å². The molecule has 4 heteroatoms. The number of nitrogens with two attached hydrogens (primary N) is 1. The van der Waals surface area contributed by atoms with Crippen molar-refractivity contribution >= 4 is 5.91 Å². The lowest BCUT2D eigenvalue weighted by molar-refractivity contribution is 0.0889. The lowest BCUT2D eigenvalue weighted by atomic mass is 9.90. The molecule has 0 saturated carbocycles. The number of hydrogen-bond donors (Lipinski definition) is 2. The predicted molar refractivity (Wildman–Crippen MR) is 74.5 cm³/mol. The lowest BCUT2D eigenvalue weighted by Crippen LogP contribution is -2.52. The molecule has 0 spiro atoms. The summed E-state index contributed by atoms with van der Waals surface area (Å²) in [7, 11) is 1.90. The average Bonchev–Trinajstić information content (AvgIpc) is 2.58. The first-order chi connectivity index (χ1) is 8.29. The minimum Gasteiger partial charge on any atom is -0.344 e. The fourth-order valence-corrected chi connectivity index (χ4v) is 2.27. The summed E-state index contributed by atoms with van der Waals surface area (Å²) >= 11 is 0. The van der Waals surface area contributed by atoms with Gasteiger partial charge in [0, 0.05) is 19.3 Å². The van der Waals surface area contributed by atoms with Gasteiger partial charge in [0.1, 0.15) is 5.69 Å². The third kappa shape index (κ3) is 3.35. The lowest BCUT2D eigenvalue weighted by Gasteiger charge is -2.31. The van der Waals surface area contributed by atoms with Gasteiger partial charge in [-0.25, -0.2) is 0 Å². The molecule has 0 aromatic carbocycles. The Morgan fingerprint density at radius 2 is 2.11 bits per heavy atom. The molecule has 0 aliphatic carbocycles. The molecule has 102 valence electrons. The summed E-state index contributed by atoms with van der Waals surface area (Å²) in [5.74, 6) is 0.438. The molecule has 0 bridgehead atoms. The standard InChI is InChI=1S/C14H25N3O/c1-10(2)8-14(4,9-15)16-13(18)12-7-6-11(3)17(12)5/h6-7,10H,8-9,15H2,1-5H3,(H,16,18). The largest absolute Gasteiger partial charge is 0.344 e. The molecule has 0 aliphatic heterocycles. The first kappa shape index (κ1) is 14.8. The number of carbonyl (C=O) groups is 1. The fraction of sp³-hybridized carbons (Fsp3) is 0.643. The first-order valence-electron chi connectivity index (χ1n) is 6.44. The third-order valence-corrected chi connectivity index (χ3v) is 3.33. The van der Waals surface area contributed by atoms with Gasteiger partial charge in [-0.1, -0.05) is 13.8 Å². The van der Waals surface area contributed by atoms with E-state index in [2.05, 4.69) is 19.2 Å². The molecule has 1 rings (SSSR count). The summed E-state index contributed by atoms with van der Waals surface area (Å²) in [5, 5.41) is 3.06. The zero-order valence-corrected chi connectivity index (χ0v) is 12.1. The molecule has 0 aliphatic rings. The molecule has 1 aromatic rings. The monoisotopic (exact) mass is 251 g/mol. The SMILES string of the molecule is Cc1ccc(C(=O)NC(C)(CN)CC(C)C)n1C. The van der Waals surface area contributed by atoms with Gasteiger partial charge in [-0.2, -0.15) is 0 Å². The molecule has 1 amide bonds. The highest BCUT2D eigenvalue weighted by Gasteiger charge is 2.27. The second-order valence-corrected chi connectivity index (χ2v) is 5.74. The van der Waals surface area contributed by atoms with Crippen molar-refractivity contribution in [3.8, 4) is 0 Å². The van der Waals surface area contributed by atoms with Gasteiger partial charge in [0.15, 0.2) is 0 Å². The van der Waals surface area contributed by atoms with Crippen molar-refractivity contribution in [1.29, 1.82) is 0 Å². The van der Waals surface area contributed by atoms with E-state index < -0.39 is 0 Å². The van der Waals surface area contributed by atoms with Crippen molar-refractivity contribution in [3.63, 3.8) is 0 Å². The van der Waals surface area contributed by atoms with Crippen LogP contribution in [0, 0.1) is 12.8 Å². The number of aromatic nitrogens is 1. The van der Waals surface area contributed by atoms with Gasteiger partial charge in [0.2, 0.25) is 0 Å². The normalized spacial score (nSPS) is 14.6. The Hall–Kier alpha value is -1.29. The highest BCUT2D eigenvalue weighted by molar-refractivity contribution is 5.93. The van der Waals surface area contributed by atoms with E-state index in [1.54, 1.807) is 0 Å². The van der Waals surface area contributed by atoms with Gasteiger partial charge in [-0.05, 0) is 38.3 Å². The number of rotatable bonds is 5. The number of nitrogens with one attached hydrogen (secondary N) is 1. The molecule has 18 heavy (non-hydrogen) atoms. The molecule has 1 heterocycles. The summed E-state index contributed by atoms with van der Waals surface area (Å²) < 4.78 is 1.89. The third-order valence-electron chi connectivity index (χ3n) is 3.33. The van der Waals surface area contributed by atoms with Crippen LogP contribution in [0.4, 0.5) is 0 Å². The minimum atomic E-state index is -0.344. The quantitative estimate of drug-likeness (QED) is 0.838. The summed E-state index contributed by atoms with van der Waals surface area (Å²) in [6.07, 6.45) is 0.874. The van der Waals surface area contributed by atoms with Crippen LogP contribution in [-0.2, 0) is 7.05 Å². The number of amides is 1. The van der Waals surface area contributed by atoms with E-state index in [9.17, 15) is 4.79 Å². The van der Waals surface area contributed by atoms with Gasteiger partial charge < -0.3 is 15.6 Å². The van der Waals surface area contributed by atoms with Crippen LogP contribution in [0.5, 0.6) is 0 Å².